The molecule has 0 aliphatic rings. The fraction of sp³-hybridized carbons (Fsp3) is 0.417. The first-order valence-corrected chi connectivity index (χ1v) is 4.93. The molecule has 3 nitrogen and oxygen atoms in total. The summed E-state index contributed by atoms with van der Waals surface area (Å²) in [5, 5.41) is 10.1. The van der Waals surface area contributed by atoms with Gasteiger partial charge in [0.25, 0.3) is 0 Å². The summed E-state index contributed by atoms with van der Waals surface area (Å²) >= 11 is 0. The quantitative estimate of drug-likeness (QED) is 0.675. The third kappa shape index (κ3) is 7.70. The predicted octanol–water partition coefficient (Wildman–Crippen LogP) is 0.763. The lowest BCUT2D eigenvalue weighted by molar-refractivity contribution is -0.868. The Labute approximate surface area is 91.6 Å². The van der Waals surface area contributed by atoms with Crippen LogP contribution < -0.4 is 5.11 Å². The van der Waals surface area contributed by atoms with Crippen LogP contribution in [0, 0.1) is 0 Å². The largest absolute Gasteiger partial charge is 0.545 e. The van der Waals surface area contributed by atoms with Gasteiger partial charge in [0, 0.05) is 0 Å². The molecule has 0 aliphatic carbocycles. The maximum absolute atomic E-state index is 10.1. The maximum atomic E-state index is 10.1. The Morgan fingerprint density at radius 3 is 1.80 bits per heavy atom. The first kappa shape index (κ1) is 13.7. The first-order valence-electron chi connectivity index (χ1n) is 4.93. The van der Waals surface area contributed by atoms with Crippen molar-refractivity contribution in [2.24, 2.45) is 0 Å². The Hall–Kier alpha value is -1.35. The van der Waals surface area contributed by atoms with Gasteiger partial charge in [-0.2, -0.15) is 0 Å². The standard InChI is InChI=1S/C7H6O2.C5H14N/c8-7(9)6-4-2-1-3-5-6;1-5-6(2,3)4/h1-5H,(H,8,9);5H2,1-4H3/q;+1/p-1. The number of aromatic carboxylic acids is 1. The minimum absolute atomic E-state index is 0.220. The summed E-state index contributed by atoms with van der Waals surface area (Å²) < 4.78 is 1.07. The lowest BCUT2D eigenvalue weighted by Gasteiger charge is -2.20. The molecular weight excluding hydrogens is 190 g/mol. The van der Waals surface area contributed by atoms with Crippen LogP contribution in [0.1, 0.15) is 17.3 Å². The summed E-state index contributed by atoms with van der Waals surface area (Å²) in [5.74, 6) is -1.13. The fourth-order valence-corrected chi connectivity index (χ4v) is 0.574. The molecule has 0 bridgehead atoms. The number of rotatable bonds is 2. The van der Waals surface area contributed by atoms with Crippen molar-refractivity contribution in [3.05, 3.63) is 35.9 Å². The number of benzene rings is 1. The van der Waals surface area contributed by atoms with E-state index in [9.17, 15) is 9.90 Å². The average Bonchev–Trinajstić information content (AvgIpc) is 2.19. The first-order chi connectivity index (χ1) is 6.87. The van der Waals surface area contributed by atoms with Crippen LogP contribution in [0.15, 0.2) is 30.3 Å². The summed E-state index contributed by atoms with van der Waals surface area (Å²) in [6.45, 7) is 3.39. The molecule has 0 saturated carbocycles. The fourth-order valence-electron chi connectivity index (χ4n) is 0.574. The second kappa shape index (κ2) is 6.19. The highest BCUT2D eigenvalue weighted by Gasteiger charge is 1.97. The van der Waals surface area contributed by atoms with Crippen LogP contribution in [-0.2, 0) is 0 Å². The summed E-state index contributed by atoms with van der Waals surface area (Å²) in [4.78, 5) is 10.1. The molecule has 0 atom stereocenters. The summed E-state index contributed by atoms with van der Waals surface area (Å²) in [5.41, 5.74) is 0.220. The van der Waals surface area contributed by atoms with Gasteiger partial charge < -0.3 is 14.4 Å². The predicted molar refractivity (Wildman–Crippen MR) is 59.3 cm³/mol. The summed E-state index contributed by atoms with van der Waals surface area (Å²) in [7, 11) is 6.54. The third-order valence-electron chi connectivity index (χ3n) is 1.96. The Balaban J connectivity index is 0.000000288. The zero-order valence-corrected chi connectivity index (χ0v) is 9.86. The minimum atomic E-state index is -1.13. The van der Waals surface area contributed by atoms with Crippen molar-refractivity contribution in [2.45, 2.75) is 6.92 Å². The van der Waals surface area contributed by atoms with E-state index < -0.39 is 5.97 Å². The molecule has 0 heterocycles. The second-order valence-corrected chi connectivity index (χ2v) is 4.26. The van der Waals surface area contributed by atoms with Crippen LogP contribution in [0.25, 0.3) is 0 Å². The van der Waals surface area contributed by atoms with Gasteiger partial charge in [-0.25, -0.2) is 0 Å². The molecule has 1 rings (SSSR count). The molecule has 15 heavy (non-hydrogen) atoms. The molecular formula is C12H19NO2. The molecule has 0 fully saturated rings. The van der Waals surface area contributed by atoms with E-state index in [1.807, 2.05) is 0 Å². The van der Waals surface area contributed by atoms with Crippen molar-refractivity contribution in [3.8, 4) is 0 Å². The van der Waals surface area contributed by atoms with Crippen molar-refractivity contribution in [1.29, 1.82) is 0 Å². The van der Waals surface area contributed by atoms with E-state index in [1.54, 1.807) is 18.2 Å². The van der Waals surface area contributed by atoms with Crippen LogP contribution >= 0.6 is 0 Å². The van der Waals surface area contributed by atoms with Gasteiger partial charge in [0.05, 0.1) is 33.7 Å². The van der Waals surface area contributed by atoms with Crippen molar-refractivity contribution >= 4 is 5.97 Å². The molecule has 0 aliphatic heterocycles. The number of nitrogens with zero attached hydrogens (tertiary/aromatic N) is 1. The number of carbonyl (C=O) groups excluding carboxylic acids is 1. The van der Waals surface area contributed by atoms with E-state index in [-0.39, 0.29) is 5.56 Å². The van der Waals surface area contributed by atoms with Crippen molar-refractivity contribution in [2.75, 3.05) is 27.7 Å². The number of hydrogen-bond donors (Lipinski definition) is 0. The third-order valence-corrected chi connectivity index (χ3v) is 1.96. The molecule has 0 aromatic heterocycles. The second-order valence-electron chi connectivity index (χ2n) is 4.26. The van der Waals surface area contributed by atoms with Gasteiger partial charge in [-0.05, 0) is 12.5 Å². The summed E-state index contributed by atoms with van der Waals surface area (Å²) in [6.07, 6.45) is 0. The minimum Gasteiger partial charge on any atom is -0.545 e. The van der Waals surface area contributed by atoms with Gasteiger partial charge in [0.15, 0.2) is 0 Å². The van der Waals surface area contributed by atoms with Crippen molar-refractivity contribution in [3.63, 3.8) is 0 Å². The van der Waals surface area contributed by atoms with Crippen molar-refractivity contribution in [1.82, 2.24) is 0 Å². The maximum Gasteiger partial charge on any atom is 0.0751 e. The number of carboxylic acid groups (broad SMARTS) is 1. The number of hydrogen-bond acceptors (Lipinski definition) is 2. The Morgan fingerprint density at radius 2 is 1.60 bits per heavy atom. The zero-order valence-electron chi connectivity index (χ0n) is 9.86. The molecule has 0 amide bonds. The molecule has 0 radical (unpaired) electrons. The van der Waals surface area contributed by atoms with Crippen LogP contribution in [0.2, 0.25) is 0 Å². The number of quaternary nitrogens is 1. The highest BCUT2D eigenvalue weighted by molar-refractivity contribution is 5.85. The van der Waals surface area contributed by atoms with E-state index in [1.165, 1.54) is 18.7 Å². The van der Waals surface area contributed by atoms with Crippen LogP contribution in [0.5, 0.6) is 0 Å². The number of carbonyl (C=O) groups is 1. The van der Waals surface area contributed by atoms with E-state index in [2.05, 4.69) is 28.1 Å². The van der Waals surface area contributed by atoms with Gasteiger partial charge >= 0.3 is 0 Å². The Kier molecular flexibility index (Phi) is 5.64. The van der Waals surface area contributed by atoms with Gasteiger partial charge in [-0.3, -0.25) is 0 Å². The average molecular weight is 209 g/mol. The van der Waals surface area contributed by atoms with Crippen LogP contribution in [0.4, 0.5) is 0 Å². The highest BCUT2D eigenvalue weighted by atomic mass is 16.4. The van der Waals surface area contributed by atoms with Crippen LogP contribution in [0.3, 0.4) is 0 Å². The molecule has 1 aromatic rings. The lowest BCUT2D eigenvalue weighted by Crippen LogP contribution is -2.33. The van der Waals surface area contributed by atoms with E-state index in [0.29, 0.717) is 0 Å². The van der Waals surface area contributed by atoms with Gasteiger partial charge in [-0.1, -0.05) is 30.3 Å². The topological polar surface area (TPSA) is 40.1 Å². The molecule has 0 saturated heterocycles. The van der Waals surface area contributed by atoms with Crippen molar-refractivity contribution < 1.29 is 14.4 Å². The van der Waals surface area contributed by atoms with Crippen LogP contribution in [-0.4, -0.2) is 38.1 Å². The zero-order chi connectivity index (χ0) is 11.9. The summed E-state index contributed by atoms with van der Waals surface area (Å²) in [6, 6.07) is 8.06. The molecule has 0 N–H and O–H groups in total. The molecule has 1 aromatic carbocycles. The van der Waals surface area contributed by atoms with Gasteiger partial charge in [0.2, 0.25) is 0 Å². The molecule has 0 spiro atoms. The highest BCUT2D eigenvalue weighted by Crippen LogP contribution is 1.94. The molecule has 0 unspecified atom stereocenters. The Morgan fingerprint density at radius 1 is 1.20 bits per heavy atom. The van der Waals surface area contributed by atoms with Gasteiger partial charge in [0.1, 0.15) is 0 Å². The van der Waals surface area contributed by atoms with E-state index in [0.717, 1.165) is 4.48 Å². The van der Waals surface area contributed by atoms with E-state index in [4.69, 9.17) is 0 Å². The Bertz CT molecular complexity index is 288. The molecule has 3 heteroatoms. The SMILES string of the molecule is CC[N+](C)(C)C.O=C([O-])c1ccccc1. The normalized spacial score (nSPS) is 10.1. The number of carboxylic acids is 1. The smallest absolute Gasteiger partial charge is 0.0751 e. The van der Waals surface area contributed by atoms with Gasteiger partial charge in [-0.15, -0.1) is 0 Å². The van der Waals surface area contributed by atoms with E-state index >= 15 is 0 Å². The lowest BCUT2D eigenvalue weighted by atomic mass is 10.2. The molecule has 84 valence electrons. The monoisotopic (exact) mass is 209 g/mol.